The fourth-order valence-electron chi connectivity index (χ4n) is 2.28. The molecule has 2 aromatic rings. The number of nitrogens with zero attached hydrogens (tertiary/aromatic N) is 1. The average Bonchev–Trinajstić information content (AvgIpc) is 2.83. The number of rotatable bonds is 3. The fourth-order valence-corrected chi connectivity index (χ4v) is 2.41. The molecule has 108 valence electrons. The monoisotopic (exact) mass is 311 g/mol. The van der Waals surface area contributed by atoms with Gasteiger partial charge in [-0.3, -0.25) is 14.4 Å². The zero-order valence-corrected chi connectivity index (χ0v) is 12.1. The molecule has 0 saturated carbocycles. The van der Waals surface area contributed by atoms with Gasteiger partial charge in [-0.05, 0) is 41.4 Å². The number of hydrogen-bond acceptors (Lipinski definition) is 3. The number of anilines is 1. The Kier molecular flexibility index (Phi) is 3.61. The van der Waals surface area contributed by atoms with Crippen molar-refractivity contribution in [3.8, 4) is 0 Å². The number of imide groups is 1. The van der Waals surface area contributed by atoms with Crippen molar-refractivity contribution in [2.24, 2.45) is 0 Å². The van der Waals surface area contributed by atoms with Crippen LogP contribution in [0, 0.1) is 0 Å². The highest BCUT2D eigenvalue weighted by molar-refractivity contribution is 6.67. The number of benzene rings is 2. The van der Waals surface area contributed by atoms with Crippen LogP contribution < -0.4 is 4.90 Å². The molecule has 0 atom stereocenters. The third kappa shape index (κ3) is 2.44. The van der Waals surface area contributed by atoms with Crippen LogP contribution >= 0.6 is 11.6 Å². The molecule has 2 amide bonds. The SMILES string of the molecule is O=C(Cl)c1ccc(N2C(=O)C=C(c3ccccc3)C2=O)cc1. The van der Waals surface area contributed by atoms with Crippen molar-refractivity contribution in [2.75, 3.05) is 4.90 Å². The van der Waals surface area contributed by atoms with Crippen molar-refractivity contribution in [3.05, 3.63) is 71.8 Å². The van der Waals surface area contributed by atoms with E-state index in [1.807, 2.05) is 6.07 Å². The summed E-state index contributed by atoms with van der Waals surface area (Å²) in [4.78, 5) is 36.7. The van der Waals surface area contributed by atoms with E-state index < -0.39 is 11.1 Å². The predicted octanol–water partition coefficient (Wildman–Crippen LogP) is 3.02. The van der Waals surface area contributed by atoms with E-state index in [9.17, 15) is 14.4 Å². The van der Waals surface area contributed by atoms with Crippen molar-refractivity contribution >= 4 is 39.9 Å². The Balaban J connectivity index is 1.93. The summed E-state index contributed by atoms with van der Waals surface area (Å²) in [6.45, 7) is 0. The minimum atomic E-state index is -0.589. The number of halogens is 1. The second kappa shape index (κ2) is 5.58. The van der Waals surface area contributed by atoms with Crippen molar-refractivity contribution in [3.63, 3.8) is 0 Å². The molecule has 0 aromatic heterocycles. The van der Waals surface area contributed by atoms with Crippen molar-refractivity contribution in [1.29, 1.82) is 0 Å². The fraction of sp³-hybridized carbons (Fsp3) is 0. The van der Waals surface area contributed by atoms with Crippen LogP contribution in [-0.4, -0.2) is 17.1 Å². The maximum atomic E-state index is 12.5. The zero-order valence-electron chi connectivity index (χ0n) is 11.3. The van der Waals surface area contributed by atoms with Gasteiger partial charge in [0, 0.05) is 11.6 Å². The van der Waals surface area contributed by atoms with Crippen LogP contribution in [0.25, 0.3) is 5.57 Å². The van der Waals surface area contributed by atoms with Gasteiger partial charge in [-0.25, -0.2) is 4.90 Å². The molecule has 4 nitrogen and oxygen atoms in total. The van der Waals surface area contributed by atoms with E-state index in [2.05, 4.69) is 0 Å². The van der Waals surface area contributed by atoms with E-state index in [0.717, 1.165) is 4.90 Å². The quantitative estimate of drug-likeness (QED) is 0.647. The smallest absolute Gasteiger partial charge is 0.266 e. The summed E-state index contributed by atoms with van der Waals surface area (Å²) in [6, 6.07) is 15.0. The average molecular weight is 312 g/mol. The Hall–Kier alpha value is -2.72. The van der Waals surface area contributed by atoms with Crippen LogP contribution in [0.2, 0.25) is 0 Å². The molecular formula is C17H10ClNO3. The van der Waals surface area contributed by atoms with E-state index in [1.54, 1.807) is 24.3 Å². The molecule has 2 aromatic carbocycles. The molecule has 0 saturated heterocycles. The van der Waals surface area contributed by atoms with Gasteiger partial charge in [0.1, 0.15) is 0 Å². The van der Waals surface area contributed by atoms with Crippen LogP contribution in [0.5, 0.6) is 0 Å². The molecule has 0 unspecified atom stereocenters. The number of hydrogen-bond donors (Lipinski definition) is 0. The normalized spacial score (nSPS) is 14.2. The highest BCUT2D eigenvalue weighted by Gasteiger charge is 2.32. The lowest BCUT2D eigenvalue weighted by molar-refractivity contribution is -0.119. The maximum Gasteiger partial charge on any atom is 0.266 e. The molecular weight excluding hydrogens is 302 g/mol. The Morgan fingerprint density at radius 2 is 1.55 bits per heavy atom. The summed E-state index contributed by atoms with van der Waals surface area (Å²) in [7, 11) is 0. The molecule has 3 rings (SSSR count). The molecule has 5 heteroatoms. The predicted molar refractivity (Wildman–Crippen MR) is 83.5 cm³/mol. The van der Waals surface area contributed by atoms with Gasteiger partial charge >= 0.3 is 0 Å². The van der Waals surface area contributed by atoms with Gasteiger partial charge in [-0.1, -0.05) is 30.3 Å². The van der Waals surface area contributed by atoms with E-state index in [1.165, 1.54) is 30.3 Å². The van der Waals surface area contributed by atoms with Crippen molar-refractivity contribution in [2.45, 2.75) is 0 Å². The standard InChI is InChI=1S/C17H10ClNO3/c18-16(21)12-6-8-13(9-7-12)19-15(20)10-14(17(19)22)11-4-2-1-3-5-11/h1-10H. The van der Waals surface area contributed by atoms with E-state index >= 15 is 0 Å². The Morgan fingerprint density at radius 3 is 2.14 bits per heavy atom. The maximum absolute atomic E-state index is 12.5. The summed E-state index contributed by atoms with van der Waals surface area (Å²) in [5, 5.41) is -0.589. The first kappa shape index (κ1) is 14.2. The lowest BCUT2D eigenvalue weighted by Crippen LogP contribution is -2.30. The highest BCUT2D eigenvalue weighted by Crippen LogP contribution is 2.28. The minimum Gasteiger partial charge on any atom is -0.276 e. The first-order valence-corrected chi connectivity index (χ1v) is 6.91. The van der Waals surface area contributed by atoms with Gasteiger partial charge in [0.05, 0.1) is 11.3 Å². The van der Waals surface area contributed by atoms with Gasteiger partial charge in [-0.15, -0.1) is 0 Å². The number of carbonyl (C=O) groups is 3. The molecule has 0 aliphatic carbocycles. The molecule has 0 spiro atoms. The Bertz CT molecular complexity index is 794. The Morgan fingerprint density at radius 1 is 0.909 bits per heavy atom. The Labute approximate surface area is 131 Å². The van der Waals surface area contributed by atoms with E-state index in [4.69, 9.17) is 11.6 Å². The third-order valence-electron chi connectivity index (χ3n) is 3.36. The van der Waals surface area contributed by atoms with E-state index in [-0.39, 0.29) is 5.91 Å². The molecule has 0 bridgehead atoms. The molecule has 1 heterocycles. The van der Waals surface area contributed by atoms with Crippen LogP contribution in [0.15, 0.2) is 60.7 Å². The summed E-state index contributed by atoms with van der Waals surface area (Å²) >= 11 is 5.38. The molecule has 0 N–H and O–H groups in total. The second-order valence-electron chi connectivity index (χ2n) is 4.72. The van der Waals surface area contributed by atoms with Crippen LogP contribution in [0.3, 0.4) is 0 Å². The molecule has 0 fully saturated rings. The molecule has 22 heavy (non-hydrogen) atoms. The second-order valence-corrected chi connectivity index (χ2v) is 5.07. The van der Waals surface area contributed by atoms with Crippen molar-refractivity contribution < 1.29 is 14.4 Å². The zero-order chi connectivity index (χ0) is 15.7. The van der Waals surface area contributed by atoms with Crippen LogP contribution in [0.1, 0.15) is 15.9 Å². The number of amides is 2. The highest BCUT2D eigenvalue weighted by atomic mass is 35.5. The first-order valence-electron chi connectivity index (χ1n) is 6.53. The summed E-state index contributed by atoms with van der Waals surface area (Å²) in [5.41, 5.74) is 1.75. The van der Waals surface area contributed by atoms with Crippen LogP contribution in [-0.2, 0) is 9.59 Å². The largest absolute Gasteiger partial charge is 0.276 e. The molecule has 1 aliphatic rings. The lowest BCUT2D eigenvalue weighted by atomic mass is 10.1. The van der Waals surface area contributed by atoms with Gasteiger partial charge in [0.2, 0.25) is 0 Å². The van der Waals surface area contributed by atoms with Crippen molar-refractivity contribution in [1.82, 2.24) is 0 Å². The molecule has 0 radical (unpaired) electrons. The van der Waals surface area contributed by atoms with Gasteiger partial charge in [0.25, 0.3) is 17.1 Å². The van der Waals surface area contributed by atoms with Gasteiger partial charge < -0.3 is 0 Å². The summed E-state index contributed by atoms with van der Waals surface area (Å²) in [5.74, 6) is -0.796. The minimum absolute atomic E-state index is 0.306. The topological polar surface area (TPSA) is 54.5 Å². The number of carbonyl (C=O) groups excluding carboxylic acids is 3. The third-order valence-corrected chi connectivity index (χ3v) is 3.58. The lowest BCUT2D eigenvalue weighted by Gasteiger charge is -2.15. The summed E-state index contributed by atoms with van der Waals surface area (Å²) < 4.78 is 0. The summed E-state index contributed by atoms with van der Waals surface area (Å²) in [6.07, 6.45) is 1.32. The van der Waals surface area contributed by atoms with Crippen LogP contribution in [0.4, 0.5) is 5.69 Å². The van der Waals surface area contributed by atoms with Gasteiger partial charge in [0.15, 0.2) is 0 Å². The molecule has 1 aliphatic heterocycles. The first-order chi connectivity index (χ1) is 10.6. The van der Waals surface area contributed by atoms with E-state index in [0.29, 0.717) is 22.4 Å². The van der Waals surface area contributed by atoms with Gasteiger partial charge in [-0.2, -0.15) is 0 Å².